The van der Waals surface area contributed by atoms with Crippen molar-refractivity contribution in [2.45, 2.75) is 6.54 Å². The molecule has 1 heterocycles. The van der Waals surface area contributed by atoms with E-state index in [9.17, 15) is 4.79 Å². The second-order valence-electron chi connectivity index (χ2n) is 3.05. The summed E-state index contributed by atoms with van der Waals surface area (Å²) in [6, 6.07) is 4.94. The van der Waals surface area contributed by atoms with E-state index in [1.54, 1.807) is 17.1 Å². The number of rotatable bonds is 4. The van der Waals surface area contributed by atoms with Crippen LogP contribution >= 0.6 is 0 Å². The number of hydrogen-bond acceptors (Lipinski definition) is 4. The molecule has 0 atom stereocenters. The Hall–Kier alpha value is -1.46. The zero-order valence-corrected chi connectivity index (χ0v) is 8.19. The summed E-state index contributed by atoms with van der Waals surface area (Å²) in [5.41, 5.74) is 3.79. The molecule has 1 aromatic heterocycles. The van der Waals surface area contributed by atoms with Gasteiger partial charge in [-0.05, 0) is 12.1 Å². The van der Waals surface area contributed by atoms with E-state index < -0.39 is 5.97 Å². The van der Waals surface area contributed by atoms with Gasteiger partial charge in [-0.15, -0.1) is 0 Å². The van der Waals surface area contributed by atoms with Gasteiger partial charge in [0.05, 0.1) is 12.2 Å². The molecule has 0 radical (unpaired) electrons. The van der Waals surface area contributed by atoms with Crippen molar-refractivity contribution in [1.29, 1.82) is 0 Å². The number of pyridine rings is 1. The zero-order valence-electron chi connectivity index (χ0n) is 8.19. The zero-order chi connectivity index (χ0) is 10.6. The van der Waals surface area contributed by atoms with E-state index in [4.69, 9.17) is 5.11 Å². The van der Waals surface area contributed by atoms with Crippen LogP contribution in [0.5, 0.6) is 0 Å². The van der Waals surface area contributed by atoms with Gasteiger partial charge in [0.15, 0.2) is 0 Å². The molecular weight excluding hydrogens is 182 g/mol. The van der Waals surface area contributed by atoms with Crippen LogP contribution in [0.1, 0.15) is 16.2 Å². The molecule has 1 rings (SSSR count). The van der Waals surface area contributed by atoms with E-state index in [0.29, 0.717) is 12.2 Å². The largest absolute Gasteiger partial charge is 0.477 e. The fourth-order valence-corrected chi connectivity index (χ4v) is 0.936. The van der Waals surface area contributed by atoms with Crippen molar-refractivity contribution < 1.29 is 9.90 Å². The van der Waals surface area contributed by atoms with Crippen molar-refractivity contribution in [2.24, 2.45) is 0 Å². The number of carbonyl (C=O) groups is 1. The van der Waals surface area contributed by atoms with Gasteiger partial charge in [-0.3, -0.25) is 5.01 Å². The summed E-state index contributed by atoms with van der Waals surface area (Å²) < 4.78 is 0. The summed E-state index contributed by atoms with van der Waals surface area (Å²) in [4.78, 5) is 14.6. The lowest BCUT2D eigenvalue weighted by Crippen LogP contribution is -2.30. The smallest absolute Gasteiger partial charge is 0.354 e. The minimum absolute atomic E-state index is 0.0723. The lowest BCUT2D eigenvalue weighted by molar-refractivity contribution is 0.0690. The van der Waals surface area contributed by atoms with Crippen molar-refractivity contribution in [3.8, 4) is 0 Å². The molecule has 0 aliphatic rings. The molecule has 14 heavy (non-hydrogen) atoms. The molecule has 5 nitrogen and oxygen atoms in total. The van der Waals surface area contributed by atoms with Gasteiger partial charge < -0.3 is 5.11 Å². The molecule has 2 N–H and O–H groups in total. The summed E-state index contributed by atoms with van der Waals surface area (Å²) in [5, 5.41) is 10.5. The number of aromatic carboxylic acids is 1. The van der Waals surface area contributed by atoms with E-state index in [0.717, 1.165) is 0 Å². The highest BCUT2D eigenvalue weighted by molar-refractivity contribution is 5.85. The Morgan fingerprint density at radius 1 is 1.57 bits per heavy atom. The fourth-order valence-electron chi connectivity index (χ4n) is 0.936. The Morgan fingerprint density at radius 3 is 2.86 bits per heavy atom. The summed E-state index contributed by atoms with van der Waals surface area (Å²) in [5.74, 6) is -1.00. The van der Waals surface area contributed by atoms with Crippen LogP contribution in [0.2, 0.25) is 0 Å². The van der Waals surface area contributed by atoms with Crippen LogP contribution in [-0.2, 0) is 6.54 Å². The number of nitrogens with zero attached hydrogens (tertiary/aromatic N) is 2. The molecule has 0 fully saturated rings. The first kappa shape index (κ1) is 10.6. The van der Waals surface area contributed by atoms with Gasteiger partial charge in [0.25, 0.3) is 0 Å². The van der Waals surface area contributed by atoms with E-state index in [2.05, 4.69) is 10.4 Å². The monoisotopic (exact) mass is 195 g/mol. The van der Waals surface area contributed by atoms with Crippen molar-refractivity contribution >= 4 is 5.97 Å². The van der Waals surface area contributed by atoms with Crippen molar-refractivity contribution in [1.82, 2.24) is 15.4 Å². The van der Waals surface area contributed by atoms with Crippen LogP contribution in [0, 0.1) is 0 Å². The second kappa shape index (κ2) is 4.69. The molecule has 0 aliphatic carbocycles. The Kier molecular flexibility index (Phi) is 3.55. The van der Waals surface area contributed by atoms with Gasteiger partial charge in [0.1, 0.15) is 5.69 Å². The molecule has 0 amide bonds. The SMILES string of the molecule is CN(C)NCc1cccc(C(=O)O)n1. The average Bonchev–Trinajstić information content (AvgIpc) is 2.15. The van der Waals surface area contributed by atoms with Gasteiger partial charge in [0.2, 0.25) is 0 Å². The standard InChI is InChI=1S/C9H13N3O2/c1-12(2)10-6-7-4-3-5-8(11-7)9(13)14/h3-5,10H,6H2,1-2H3,(H,13,14). The van der Waals surface area contributed by atoms with Crippen molar-refractivity contribution in [3.63, 3.8) is 0 Å². The minimum atomic E-state index is -1.00. The third-order valence-electron chi connectivity index (χ3n) is 1.60. The molecule has 5 heteroatoms. The molecule has 0 bridgehead atoms. The Balaban J connectivity index is 2.69. The molecule has 1 aromatic rings. The summed E-state index contributed by atoms with van der Waals surface area (Å²) >= 11 is 0. The first-order valence-electron chi connectivity index (χ1n) is 4.19. The van der Waals surface area contributed by atoms with E-state index in [1.165, 1.54) is 6.07 Å². The molecule has 0 aliphatic heterocycles. The normalized spacial score (nSPS) is 10.5. The molecule has 0 aromatic carbocycles. The van der Waals surface area contributed by atoms with E-state index >= 15 is 0 Å². The van der Waals surface area contributed by atoms with Gasteiger partial charge in [-0.25, -0.2) is 15.2 Å². The number of aromatic nitrogens is 1. The van der Waals surface area contributed by atoms with Crippen LogP contribution in [0.25, 0.3) is 0 Å². The Bertz CT molecular complexity index is 326. The second-order valence-corrected chi connectivity index (χ2v) is 3.05. The molecular formula is C9H13N3O2. The maximum absolute atomic E-state index is 10.6. The fraction of sp³-hybridized carbons (Fsp3) is 0.333. The quantitative estimate of drug-likeness (QED) is 0.678. The molecule has 0 spiro atoms. The van der Waals surface area contributed by atoms with Crippen LogP contribution < -0.4 is 5.43 Å². The highest BCUT2D eigenvalue weighted by Crippen LogP contribution is 1.99. The number of carboxylic acid groups (broad SMARTS) is 1. The van der Waals surface area contributed by atoms with Gasteiger partial charge in [-0.1, -0.05) is 6.07 Å². The lowest BCUT2D eigenvalue weighted by Gasteiger charge is -2.11. The number of nitrogens with one attached hydrogen (secondary N) is 1. The number of carboxylic acids is 1. The Morgan fingerprint density at radius 2 is 2.29 bits per heavy atom. The maximum Gasteiger partial charge on any atom is 0.354 e. The molecule has 0 saturated carbocycles. The number of hydrazine groups is 1. The molecule has 0 unspecified atom stereocenters. The first-order valence-corrected chi connectivity index (χ1v) is 4.19. The highest BCUT2D eigenvalue weighted by Gasteiger charge is 2.04. The van der Waals surface area contributed by atoms with E-state index in [-0.39, 0.29) is 5.69 Å². The Labute approximate surface area is 82.3 Å². The van der Waals surface area contributed by atoms with Crippen molar-refractivity contribution in [3.05, 3.63) is 29.6 Å². The van der Waals surface area contributed by atoms with Gasteiger partial charge >= 0.3 is 5.97 Å². The van der Waals surface area contributed by atoms with Gasteiger partial charge in [-0.2, -0.15) is 0 Å². The predicted octanol–water partition coefficient (Wildman–Crippen LogP) is 0.346. The predicted molar refractivity (Wildman–Crippen MR) is 51.7 cm³/mol. The van der Waals surface area contributed by atoms with Crippen LogP contribution in [0.3, 0.4) is 0 Å². The third kappa shape index (κ3) is 3.12. The summed E-state index contributed by atoms with van der Waals surface area (Å²) in [6.07, 6.45) is 0. The maximum atomic E-state index is 10.6. The lowest BCUT2D eigenvalue weighted by atomic mass is 10.3. The van der Waals surface area contributed by atoms with Crippen LogP contribution in [-0.4, -0.2) is 35.2 Å². The first-order chi connectivity index (χ1) is 6.59. The van der Waals surface area contributed by atoms with Crippen molar-refractivity contribution in [2.75, 3.05) is 14.1 Å². The topological polar surface area (TPSA) is 65.5 Å². The average molecular weight is 195 g/mol. The summed E-state index contributed by atoms with van der Waals surface area (Å²) in [7, 11) is 3.72. The van der Waals surface area contributed by atoms with Gasteiger partial charge in [0, 0.05) is 14.1 Å². The minimum Gasteiger partial charge on any atom is -0.477 e. The number of hydrogen-bond donors (Lipinski definition) is 2. The highest BCUT2D eigenvalue weighted by atomic mass is 16.4. The van der Waals surface area contributed by atoms with Crippen LogP contribution in [0.15, 0.2) is 18.2 Å². The molecule has 76 valence electrons. The molecule has 0 saturated heterocycles. The van der Waals surface area contributed by atoms with Crippen LogP contribution in [0.4, 0.5) is 0 Å². The van der Waals surface area contributed by atoms with E-state index in [1.807, 2.05) is 14.1 Å². The third-order valence-corrected chi connectivity index (χ3v) is 1.60. The summed E-state index contributed by atoms with van der Waals surface area (Å²) in [6.45, 7) is 0.522.